The molecule has 0 amide bonds. The van der Waals surface area contributed by atoms with Crippen molar-refractivity contribution in [3.8, 4) is 0 Å². The Hall–Kier alpha value is -0.790. The Labute approximate surface area is 278 Å². The number of benzene rings is 2. The summed E-state index contributed by atoms with van der Waals surface area (Å²) in [6, 6.07) is 17.3. The van der Waals surface area contributed by atoms with E-state index in [0.29, 0.717) is 11.8 Å². The maximum absolute atomic E-state index is 5.79. The third kappa shape index (κ3) is 10.7. The first kappa shape index (κ1) is 37.4. The van der Waals surface area contributed by atoms with Crippen LogP contribution in [-0.4, -0.2) is 64.2 Å². The monoisotopic (exact) mass is 730 g/mol. The van der Waals surface area contributed by atoms with Crippen molar-refractivity contribution >= 4 is 50.7 Å². The molecule has 0 aliphatic carbocycles. The van der Waals surface area contributed by atoms with Crippen LogP contribution < -0.4 is 10.2 Å². The molecular weight excluding hydrogens is 679 g/mol. The summed E-state index contributed by atoms with van der Waals surface area (Å²) in [5.41, 5.74) is 4.26. The van der Waals surface area contributed by atoms with Crippen LogP contribution in [0.1, 0.15) is 83.8 Å². The summed E-state index contributed by atoms with van der Waals surface area (Å²) in [5, 5.41) is 3.28. The number of ether oxygens (including phenoxy) is 4. The number of anilines is 1. The van der Waals surface area contributed by atoms with Gasteiger partial charge in [-0.05, 0) is 57.7 Å². The second-order valence-corrected chi connectivity index (χ2v) is 12.5. The van der Waals surface area contributed by atoms with Gasteiger partial charge < -0.3 is 29.2 Å². The SMILES string of the molecule is C.C1CC2(CCN1)OCCO2.CC(C)c1ccccc1I.CC(C)c1ccccc1N1CCC2(CC1)OCCO2.S=S. The highest BCUT2D eigenvalue weighted by Gasteiger charge is 2.40. The van der Waals surface area contributed by atoms with Gasteiger partial charge in [-0.15, -0.1) is 0 Å². The highest BCUT2D eigenvalue weighted by atomic mass is 127. The van der Waals surface area contributed by atoms with E-state index < -0.39 is 0 Å². The molecule has 4 fully saturated rings. The summed E-state index contributed by atoms with van der Waals surface area (Å²) in [6.07, 6.45) is 3.96. The zero-order valence-corrected chi connectivity index (χ0v) is 28.8. The molecule has 0 unspecified atom stereocenters. The number of nitrogens with one attached hydrogen (secondary N) is 1. The Kier molecular flexibility index (Phi) is 16.8. The number of piperidine rings is 2. The molecule has 4 saturated heterocycles. The molecule has 4 aliphatic heterocycles. The van der Waals surface area contributed by atoms with Crippen LogP contribution in [0, 0.1) is 3.57 Å². The highest BCUT2D eigenvalue weighted by Crippen LogP contribution is 2.35. The second kappa shape index (κ2) is 18.9. The van der Waals surface area contributed by atoms with Gasteiger partial charge in [-0.25, -0.2) is 0 Å². The van der Waals surface area contributed by atoms with E-state index in [1.54, 1.807) is 0 Å². The number of nitrogens with zero attached hydrogens (tertiary/aromatic N) is 1. The molecule has 236 valence electrons. The first-order chi connectivity index (χ1) is 19.8. The van der Waals surface area contributed by atoms with Crippen LogP contribution in [0.3, 0.4) is 0 Å². The standard InChI is InChI=1S/C16H23NO2.C9H11I.C7H13NO2.CH4.S2/c1-13(2)14-5-3-4-6-15(14)17-9-7-16(8-10-17)18-11-12-19-16;1-7(2)8-5-3-4-6-9(8)10;1-3-8-4-2-7(1)9-5-6-10-7;;1-2/h3-6,13H,7-12H2,1-2H3;3-7H,1-2H3;8H,1-6H2;1H4;. The first-order valence-corrected chi connectivity index (χ1v) is 17.3. The minimum Gasteiger partial charge on any atom is -0.371 e. The van der Waals surface area contributed by atoms with Gasteiger partial charge in [0.2, 0.25) is 0 Å². The van der Waals surface area contributed by atoms with Crippen LogP contribution >= 0.6 is 22.6 Å². The summed E-state index contributed by atoms with van der Waals surface area (Å²) >= 11 is 9.71. The van der Waals surface area contributed by atoms with Crippen molar-refractivity contribution in [2.24, 2.45) is 0 Å². The molecule has 2 aromatic carbocycles. The van der Waals surface area contributed by atoms with Gasteiger partial charge in [0.05, 0.1) is 26.4 Å². The molecule has 0 radical (unpaired) electrons. The molecule has 4 aliphatic rings. The largest absolute Gasteiger partial charge is 0.371 e. The summed E-state index contributed by atoms with van der Waals surface area (Å²) in [5.74, 6) is 0.744. The van der Waals surface area contributed by atoms with E-state index in [2.05, 4.69) is 131 Å². The van der Waals surface area contributed by atoms with Gasteiger partial charge in [0.15, 0.2) is 11.6 Å². The molecule has 0 bridgehead atoms. The smallest absolute Gasteiger partial charge is 0.171 e. The van der Waals surface area contributed by atoms with E-state index >= 15 is 0 Å². The summed E-state index contributed by atoms with van der Waals surface area (Å²) in [4.78, 5) is 2.48. The lowest BCUT2D eigenvalue weighted by Crippen LogP contribution is -2.45. The van der Waals surface area contributed by atoms with Gasteiger partial charge in [0, 0.05) is 83.5 Å². The summed E-state index contributed by atoms with van der Waals surface area (Å²) in [6.45, 7) is 16.1. The average Bonchev–Trinajstić information content (AvgIpc) is 3.65. The van der Waals surface area contributed by atoms with Gasteiger partial charge >= 0.3 is 0 Å². The Balaban J connectivity index is 0.000000229. The fraction of sp³-hybridized carbons (Fsp3) is 0.636. The number of hydrogen-bond donors (Lipinski definition) is 1. The molecule has 6 rings (SSSR count). The van der Waals surface area contributed by atoms with Gasteiger partial charge in [-0.2, -0.15) is 0 Å². The van der Waals surface area contributed by atoms with Crippen LogP contribution in [0.25, 0.3) is 0 Å². The lowest BCUT2D eigenvalue weighted by atomic mass is 9.97. The normalized spacial score (nSPS) is 20.1. The van der Waals surface area contributed by atoms with Crippen LogP contribution in [0.15, 0.2) is 48.5 Å². The molecule has 0 atom stereocenters. The molecule has 6 nitrogen and oxygen atoms in total. The maximum Gasteiger partial charge on any atom is 0.171 e. The summed E-state index contributed by atoms with van der Waals surface area (Å²) in [7, 11) is 0. The Morgan fingerprint density at radius 1 is 0.690 bits per heavy atom. The predicted molar refractivity (Wildman–Crippen MR) is 188 cm³/mol. The molecule has 0 saturated carbocycles. The number of halogens is 1. The van der Waals surface area contributed by atoms with Crippen molar-refractivity contribution in [3.63, 3.8) is 0 Å². The van der Waals surface area contributed by atoms with E-state index in [1.807, 2.05) is 0 Å². The number of hydrogen-bond acceptors (Lipinski definition) is 8. The molecule has 9 heteroatoms. The predicted octanol–water partition coefficient (Wildman–Crippen LogP) is 7.31. The Morgan fingerprint density at radius 2 is 1.12 bits per heavy atom. The summed E-state index contributed by atoms with van der Waals surface area (Å²) < 4.78 is 24.0. The molecular formula is C33H51IN2O4S2. The van der Waals surface area contributed by atoms with Crippen LogP contribution in [0.4, 0.5) is 5.69 Å². The molecule has 0 aromatic heterocycles. The molecule has 2 aromatic rings. The lowest BCUT2D eigenvalue weighted by molar-refractivity contribution is -0.172. The fourth-order valence-electron chi connectivity index (χ4n) is 5.67. The Bertz CT molecular complexity index is 1030. The number of para-hydroxylation sites is 1. The van der Waals surface area contributed by atoms with E-state index in [0.717, 1.165) is 78.3 Å². The average molecular weight is 731 g/mol. The first-order valence-electron chi connectivity index (χ1n) is 14.8. The minimum atomic E-state index is -0.275. The zero-order chi connectivity index (χ0) is 29.7. The maximum atomic E-state index is 5.79. The highest BCUT2D eigenvalue weighted by molar-refractivity contribution is 14.1. The Morgan fingerprint density at radius 3 is 1.57 bits per heavy atom. The minimum absolute atomic E-state index is 0. The van der Waals surface area contributed by atoms with Crippen molar-refractivity contribution in [2.45, 2.75) is 84.2 Å². The van der Waals surface area contributed by atoms with E-state index in [9.17, 15) is 0 Å². The van der Waals surface area contributed by atoms with Crippen molar-refractivity contribution in [1.29, 1.82) is 0 Å². The second-order valence-electron chi connectivity index (χ2n) is 11.3. The van der Waals surface area contributed by atoms with E-state index in [4.69, 9.17) is 18.9 Å². The van der Waals surface area contributed by atoms with Crippen molar-refractivity contribution in [1.82, 2.24) is 5.32 Å². The number of rotatable bonds is 3. The van der Waals surface area contributed by atoms with Crippen molar-refractivity contribution < 1.29 is 18.9 Å². The zero-order valence-electron chi connectivity index (χ0n) is 25.0. The third-order valence-corrected chi connectivity index (χ3v) is 8.93. The quantitative estimate of drug-likeness (QED) is 0.331. The fourth-order valence-corrected chi connectivity index (χ4v) is 6.68. The van der Waals surface area contributed by atoms with Gasteiger partial charge in [0.25, 0.3) is 0 Å². The third-order valence-electron chi connectivity index (χ3n) is 7.94. The van der Waals surface area contributed by atoms with Crippen molar-refractivity contribution in [2.75, 3.05) is 57.5 Å². The topological polar surface area (TPSA) is 52.2 Å². The molecule has 1 N–H and O–H groups in total. The van der Waals surface area contributed by atoms with E-state index in [-0.39, 0.29) is 19.0 Å². The molecule has 2 spiro atoms. The van der Waals surface area contributed by atoms with Crippen LogP contribution in [-0.2, 0) is 41.3 Å². The van der Waals surface area contributed by atoms with E-state index in [1.165, 1.54) is 20.4 Å². The van der Waals surface area contributed by atoms with Crippen LogP contribution in [0.2, 0.25) is 0 Å². The molecule has 42 heavy (non-hydrogen) atoms. The van der Waals surface area contributed by atoms with Gasteiger partial charge in [-0.1, -0.05) is 71.5 Å². The lowest BCUT2D eigenvalue weighted by Gasteiger charge is -2.39. The van der Waals surface area contributed by atoms with Crippen LogP contribution in [0.5, 0.6) is 0 Å². The van der Waals surface area contributed by atoms with Crippen molar-refractivity contribution in [3.05, 3.63) is 63.2 Å². The van der Waals surface area contributed by atoms with Gasteiger partial charge in [0.1, 0.15) is 0 Å². The van der Waals surface area contributed by atoms with Gasteiger partial charge in [-0.3, -0.25) is 0 Å². The molecule has 4 heterocycles.